The standard InChI is InChI=1S/C74H128O6/c1-4-7-10-13-16-19-22-25-28-31-34-36-37-38-41-43-46-49-52-55-58-61-64-67-73(76)79-70-71(69-78-72(75)66-63-60-57-54-51-48-45-42-39-33-30-27-24-21-18-15-12-9-6-3)80-74(77)68-65-62-59-56-53-50-47-44-40-35-32-29-26-23-20-17-14-11-8-5-2/h7,10,16,19,25,27-28,30,34,36,38,41,46,49,55,58,71H,4-6,8-9,11-15,17-18,20-24,26,29,31-33,35,37,39-40,42-45,47-48,50-54,56-57,59-70H2,1-3H3/b10-7-,19-16-,28-25-,30-27-,36-34-,41-38-,49-46-,58-55-. The lowest BCUT2D eigenvalue weighted by molar-refractivity contribution is -0.167. The molecule has 0 aliphatic heterocycles. The van der Waals surface area contributed by atoms with E-state index in [1.807, 2.05) is 0 Å². The average Bonchev–Trinajstić information content (AvgIpc) is 3.46. The van der Waals surface area contributed by atoms with Crippen molar-refractivity contribution in [2.75, 3.05) is 13.2 Å². The molecule has 0 aromatic heterocycles. The van der Waals surface area contributed by atoms with Crippen molar-refractivity contribution >= 4 is 17.9 Å². The lowest BCUT2D eigenvalue weighted by Crippen LogP contribution is -2.30. The van der Waals surface area contributed by atoms with Crippen LogP contribution in [-0.2, 0) is 28.6 Å². The molecule has 0 aromatic rings. The molecule has 80 heavy (non-hydrogen) atoms. The maximum atomic E-state index is 13.0. The van der Waals surface area contributed by atoms with Gasteiger partial charge in [0, 0.05) is 19.3 Å². The van der Waals surface area contributed by atoms with Crippen molar-refractivity contribution < 1.29 is 28.6 Å². The fraction of sp³-hybridized carbons (Fsp3) is 0.743. The van der Waals surface area contributed by atoms with Gasteiger partial charge in [-0.05, 0) is 96.3 Å². The first-order valence-corrected chi connectivity index (χ1v) is 34.2. The van der Waals surface area contributed by atoms with Gasteiger partial charge in [0.15, 0.2) is 6.10 Å². The molecule has 1 unspecified atom stereocenters. The Hall–Kier alpha value is -3.67. The summed E-state index contributed by atoms with van der Waals surface area (Å²) < 4.78 is 16.9. The van der Waals surface area contributed by atoms with Crippen molar-refractivity contribution in [3.8, 4) is 0 Å². The van der Waals surface area contributed by atoms with E-state index in [0.29, 0.717) is 19.3 Å². The normalized spacial score (nSPS) is 12.7. The highest BCUT2D eigenvalue weighted by Gasteiger charge is 2.19. The minimum atomic E-state index is -0.803. The summed E-state index contributed by atoms with van der Waals surface area (Å²) >= 11 is 0. The van der Waals surface area contributed by atoms with Gasteiger partial charge in [0.2, 0.25) is 0 Å². The SMILES string of the molecule is CC/C=C\C/C=C\C/C=C\C/C=C\C/C=C\C/C=C\C/C=C\CCCC(=O)OCC(COC(=O)CCCCCCCCCCC/C=C\CCCCCCCC)OC(=O)CCCCCCCCCCCCCCCCCCCCCC. The maximum absolute atomic E-state index is 13.0. The van der Waals surface area contributed by atoms with Crippen LogP contribution in [0.3, 0.4) is 0 Å². The summed E-state index contributed by atoms with van der Waals surface area (Å²) in [6, 6.07) is 0. The highest BCUT2D eigenvalue weighted by Crippen LogP contribution is 2.17. The van der Waals surface area contributed by atoms with Gasteiger partial charge >= 0.3 is 17.9 Å². The van der Waals surface area contributed by atoms with Crippen LogP contribution >= 0.6 is 0 Å². The topological polar surface area (TPSA) is 78.9 Å². The quantitative estimate of drug-likeness (QED) is 0.0261. The Labute approximate surface area is 496 Å². The van der Waals surface area contributed by atoms with Crippen molar-refractivity contribution in [3.63, 3.8) is 0 Å². The van der Waals surface area contributed by atoms with Crippen molar-refractivity contribution in [3.05, 3.63) is 97.2 Å². The molecular formula is C74H128O6. The van der Waals surface area contributed by atoms with Crippen LogP contribution in [-0.4, -0.2) is 37.2 Å². The number of unbranched alkanes of at least 4 members (excludes halogenated alkanes) is 35. The van der Waals surface area contributed by atoms with Crippen molar-refractivity contribution in [2.45, 2.75) is 341 Å². The second-order valence-corrected chi connectivity index (χ2v) is 22.7. The summed E-state index contributed by atoms with van der Waals surface area (Å²) in [7, 11) is 0. The summed E-state index contributed by atoms with van der Waals surface area (Å²) in [5.74, 6) is -0.941. The van der Waals surface area contributed by atoms with E-state index in [1.54, 1.807) is 0 Å². The molecule has 0 spiro atoms. The molecular weight excluding hydrogens is 985 g/mol. The Morgan fingerprint density at radius 3 is 0.825 bits per heavy atom. The zero-order chi connectivity index (χ0) is 57.8. The van der Waals surface area contributed by atoms with E-state index in [1.165, 1.54) is 199 Å². The van der Waals surface area contributed by atoms with Crippen LogP contribution in [0.4, 0.5) is 0 Å². The molecule has 0 saturated heterocycles. The van der Waals surface area contributed by atoms with Crippen LogP contribution in [0.2, 0.25) is 0 Å². The molecule has 0 aliphatic rings. The zero-order valence-electron chi connectivity index (χ0n) is 52.8. The molecule has 0 aliphatic carbocycles. The molecule has 0 heterocycles. The lowest BCUT2D eigenvalue weighted by Gasteiger charge is -2.18. The third kappa shape index (κ3) is 65.1. The Bertz CT molecular complexity index is 1560. The Kier molecular flexibility index (Phi) is 64.7. The van der Waals surface area contributed by atoms with Gasteiger partial charge in [0.05, 0.1) is 0 Å². The van der Waals surface area contributed by atoms with Crippen molar-refractivity contribution in [1.82, 2.24) is 0 Å². The second-order valence-electron chi connectivity index (χ2n) is 22.7. The van der Waals surface area contributed by atoms with Gasteiger partial charge < -0.3 is 14.2 Å². The fourth-order valence-corrected chi connectivity index (χ4v) is 9.72. The van der Waals surface area contributed by atoms with E-state index in [2.05, 4.69) is 118 Å². The molecule has 6 nitrogen and oxygen atoms in total. The smallest absolute Gasteiger partial charge is 0.306 e. The van der Waals surface area contributed by atoms with Gasteiger partial charge in [0.25, 0.3) is 0 Å². The summed E-state index contributed by atoms with van der Waals surface area (Å²) in [4.78, 5) is 38.4. The number of ether oxygens (including phenoxy) is 3. The molecule has 460 valence electrons. The Balaban J connectivity index is 4.46. The van der Waals surface area contributed by atoms with Gasteiger partial charge in [-0.15, -0.1) is 0 Å². The van der Waals surface area contributed by atoms with Crippen LogP contribution in [0.5, 0.6) is 0 Å². The van der Waals surface area contributed by atoms with Crippen LogP contribution < -0.4 is 0 Å². The number of allylic oxidation sites excluding steroid dienone is 16. The fourth-order valence-electron chi connectivity index (χ4n) is 9.72. The van der Waals surface area contributed by atoms with Crippen molar-refractivity contribution in [1.29, 1.82) is 0 Å². The van der Waals surface area contributed by atoms with Gasteiger partial charge in [-0.25, -0.2) is 0 Å². The highest BCUT2D eigenvalue weighted by molar-refractivity contribution is 5.71. The van der Waals surface area contributed by atoms with Crippen LogP contribution in [0.1, 0.15) is 335 Å². The molecule has 0 rings (SSSR count). The zero-order valence-corrected chi connectivity index (χ0v) is 52.8. The monoisotopic (exact) mass is 1110 g/mol. The number of hydrogen-bond donors (Lipinski definition) is 0. The largest absolute Gasteiger partial charge is 0.462 e. The third-order valence-electron chi connectivity index (χ3n) is 14.8. The second kappa shape index (κ2) is 67.8. The van der Waals surface area contributed by atoms with E-state index in [0.717, 1.165) is 89.9 Å². The van der Waals surface area contributed by atoms with E-state index in [9.17, 15) is 14.4 Å². The minimum absolute atomic E-state index is 0.0939. The summed E-state index contributed by atoms with van der Waals surface area (Å²) in [6.45, 7) is 6.52. The van der Waals surface area contributed by atoms with Crippen molar-refractivity contribution in [2.24, 2.45) is 0 Å². The Morgan fingerprint density at radius 2 is 0.500 bits per heavy atom. The molecule has 0 amide bonds. The van der Waals surface area contributed by atoms with Gasteiger partial charge in [-0.1, -0.05) is 317 Å². The number of esters is 3. The molecule has 0 bridgehead atoms. The van der Waals surface area contributed by atoms with Crippen LogP contribution in [0.25, 0.3) is 0 Å². The van der Waals surface area contributed by atoms with Gasteiger partial charge in [-0.3, -0.25) is 14.4 Å². The lowest BCUT2D eigenvalue weighted by atomic mass is 10.0. The summed E-state index contributed by atoms with van der Waals surface area (Å²) in [5.41, 5.74) is 0. The van der Waals surface area contributed by atoms with E-state index in [-0.39, 0.29) is 37.5 Å². The first-order chi connectivity index (χ1) is 39.5. The number of carbonyl (C=O) groups excluding carboxylic acids is 3. The molecule has 0 fully saturated rings. The number of hydrogen-bond acceptors (Lipinski definition) is 6. The van der Waals surface area contributed by atoms with E-state index >= 15 is 0 Å². The number of carbonyl (C=O) groups is 3. The summed E-state index contributed by atoms with van der Waals surface area (Å²) in [5, 5.41) is 0. The maximum Gasteiger partial charge on any atom is 0.306 e. The minimum Gasteiger partial charge on any atom is -0.462 e. The average molecular weight is 1110 g/mol. The molecule has 0 aromatic carbocycles. The molecule has 6 heteroatoms. The predicted octanol–water partition coefficient (Wildman–Crippen LogP) is 23.6. The highest BCUT2D eigenvalue weighted by atomic mass is 16.6. The van der Waals surface area contributed by atoms with Crippen LogP contribution in [0, 0.1) is 0 Å². The molecule has 1 atom stereocenters. The van der Waals surface area contributed by atoms with E-state index < -0.39 is 6.10 Å². The first-order valence-electron chi connectivity index (χ1n) is 34.2. The van der Waals surface area contributed by atoms with Crippen LogP contribution in [0.15, 0.2) is 97.2 Å². The first kappa shape index (κ1) is 76.3. The van der Waals surface area contributed by atoms with Gasteiger partial charge in [0.1, 0.15) is 13.2 Å². The predicted molar refractivity (Wildman–Crippen MR) is 348 cm³/mol. The third-order valence-corrected chi connectivity index (χ3v) is 14.8. The molecule has 0 saturated carbocycles. The Morgan fingerprint density at radius 1 is 0.263 bits per heavy atom. The van der Waals surface area contributed by atoms with Gasteiger partial charge in [-0.2, -0.15) is 0 Å². The number of rotatable bonds is 62. The molecule has 0 N–H and O–H groups in total. The van der Waals surface area contributed by atoms with E-state index in [4.69, 9.17) is 14.2 Å². The summed E-state index contributed by atoms with van der Waals surface area (Å²) in [6.07, 6.45) is 91.4. The molecule has 0 radical (unpaired) electrons.